The highest BCUT2D eigenvalue weighted by Crippen LogP contribution is 2.17. The fourth-order valence-corrected chi connectivity index (χ4v) is 1.68. The zero-order chi connectivity index (χ0) is 14.6. The molecule has 100 valence electrons. The lowest BCUT2D eigenvalue weighted by molar-refractivity contribution is -0.138. The summed E-state index contributed by atoms with van der Waals surface area (Å²) in [6, 6.07) is 3.41. The number of terminal acetylenes is 1. The van der Waals surface area contributed by atoms with Crippen LogP contribution in [-0.2, 0) is 4.79 Å². The summed E-state index contributed by atoms with van der Waals surface area (Å²) in [5, 5.41) is 8.99. The van der Waals surface area contributed by atoms with Crippen molar-refractivity contribution in [2.45, 2.75) is 6.04 Å². The van der Waals surface area contributed by atoms with Crippen LogP contribution in [0.1, 0.15) is 15.9 Å². The third-order valence-corrected chi connectivity index (χ3v) is 2.82. The van der Waals surface area contributed by atoms with Gasteiger partial charge in [-0.2, -0.15) is 0 Å². The Labute approximate surface area is 116 Å². The Kier molecular flexibility index (Phi) is 4.93. The Morgan fingerprint density at radius 2 is 2.21 bits per heavy atom. The highest BCUT2D eigenvalue weighted by molar-refractivity contribution is 6.32. The van der Waals surface area contributed by atoms with E-state index in [1.165, 1.54) is 24.1 Å². The van der Waals surface area contributed by atoms with Crippen LogP contribution in [0.4, 0.5) is 0 Å². The van der Waals surface area contributed by atoms with E-state index < -0.39 is 12.0 Å². The van der Waals surface area contributed by atoms with Crippen LogP contribution >= 0.6 is 11.6 Å². The highest BCUT2D eigenvalue weighted by Gasteiger charge is 2.19. The maximum Gasteiger partial charge on any atom is 0.322 e. The predicted molar refractivity (Wildman–Crippen MR) is 72.0 cm³/mol. The number of nitrogens with two attached hydrogens (primary N) is 1. The van der Waals surface area contributed by atoms with Gasteiger partial charge in [-0.3, -0.25) is 9.59 Å². The van der Waals surface area contributed by atoms with Gasteiger partial charge in [-0.25, -0.2) is 0 Å². The minimum Gasteiger partial charge on any atom is -0.480 e. The van der Waals surface area contributed by atoms with E-state index in [1.807, 2.05) is 0 Å². The van der Waals surface area contributed by atoms with Crippen molar-refractivity contribution in [3.05, 3.63) is 34.3 Å². The zero-order valence-corrected chi connectivity index (χ0v) is 11.0. The van der Waals surface area contributed by atoms with Crippen LogP contribution in [0, 0.1) is 12.3 Å². The lowest BCUT2D eigenvalue weighted by atomic mass is 10.1. The molecule has 1 unspecified atom stereocenters. The molecule has 0 spiro atoms. The van der Waals surface area contributed by atoms with Gasteiger partial charge in [0.2, 0.25) is 0 Å². The number of aliphatic carboxylic acids is 1. The van der Waals surface area contributed by atoms with E-state index >= 15 is 0 Å². The van der Waals surface area contributed by atoms with Gasteiger partial charge >= 0.3 is 5.97 Å². The predicted octanol–water partition coefficient (Wildman–Crippen LogP) is 0.805. The second-order valence-electron chi connectivity index (χ2n) is 3.97. The number of rotatable bonds is 4. The normalized spacial score (nSPS) is 11.5. The number of carbonyl (C=O) groups is 2. The fraction of sp³-hybridized carbons (Fsp3) is 0.231. The molecule has 0 saturated heterocycles. The van der Waals surface area contributed by atoms with Gasteiger partial charge in [0.15, 0.2) is 0 Å². The Morgan fingerprint density at radius 1 is 1.58 bits per heavy atom. The van der Waals surface area contributed by atoms with Crippen molar-refractivity contribution in [1.82, 2.24) is 4.90 Å². The molecule has 0 aliphatic rings. The van der Waals surface area contributed by atoms with Crippen LogP contribution in [0.25, 0.3) is 0 Å². The standard InChI is InChI=1S/C13H13ClN2O3/c1-3-8-4-5-9(6-10(8)14)12(17)16(2)7-11(15)13(18)19/h1,4-6,11H,7,15H2,2H3,(H,18,19). The summed E-state index contributed by atoms with van der Waals surface area (Å²) in [6.07, 6.45) is 5.22. The molecule has 6 heteroatoms. The molecule has 1 rings (SSSR count). The number of hydrogen-bond donors (Lipinski definition) is 2. The molecule has 19 heavy (non-hydrogen) atoms. The topological polar surface area (TPSA) is 83.6 Å². The van der Waals surface area contributed by atoms with Crippen LogP contribution in [0.5, 0.6) is 0 Å². The quantitative estimate of drug-likeness (QED) is 0.799. The number of hydrogen-bond acceptors (Lipinski definition) is 3. The van der Waals surface area contributed by atoms with E-state index in [1.54, 1.807) is 6.07 Å². The molecule has 1 atom stereocenters. The first-order valence-electron chi connectivity index (χ1n) is 5.36. The highest BCUT2D eigenvalue weighted by atomic mass is 35.5. The maximum absolute atomic E-state index is 12.0. The lowest BCUT2D eigenvalue weighted by Gasteiger charge is -2.19. The molecule has 0 heterocycles. The minimum absolute atomic E-state index is 0.0946. The summed E-state index contributed by atoms with van der Waals surface area (Å²) >= 11 is 5.90. The van der Waals surface area contributed by atoms with Crippen molar-refractivity contribution < 1.29 is 14.7 Å². The minimum atomic E-state index is -1.17. The molecule has 0 bridgehead atoms. The summed E-state index contributed by atoms with van der Waals surface area (Å²) in [5.74, 6) is 0.844. The number of halogens is 1. The molecule has 0 fully saturated rings. The van der Waals surface area contributed by atoms with E-state index in [0.717, 1.165) is 0 Å². The molecule has 0 aromatic heterocycles. The summed E-state index contributed by atoms with van der Waals surface area (Å²) < 4.78 is 0. The fourth-order valence-electron chi connectivity index (χ4n) is 1.44. The van der Waals surface area contributed by atoms with Crippen molar-refractivity contribution in [2.24, 2.45) is 5.73 Å². The number of carbonyl (C=O) groups excluding carboxylic acids is 1. The maximum atomic E-state index is 12.0. The van der Waals surface area contributed by atoms with Gasteiger partial charge in [0.1, 0.15) is 6.04 Å². The Hall–Kier alpha value is -2.03. The first-order chi connectivity index (χ1) is 8.86. The van der Waals surface area contributed by atoms with Crippen molar-refractivity contribution in [2.75, 3.05) is 13.6 Å². The largest absolute Gasteiger partial charge is 0.480 e. The third kappa shape index (κ3) is 3.71. The van der Waals surface area contributed by atoms with Crippen LogP contribution in [0.15, 0.2) is 18.2 Å². The lowest BCUT2D eigenvalue weighted by Crippen LogP contribution is -2.43. The molecule has 0 radical (unpaired) electrons. The van der Waals surface area contributed by atoms with Crippen molar-refractivity contribution in [1.29, 1.82) is 0 Å². The second kappa shape index (κ2) is 6.23. The molecule has 0 aliphatic carbocycles. The summed E-state index contributed by atoms with van der Waals surface area (Å²) in [5.41, 5.74) is 6.18. The third-order valence-electron chi connectivity index (χ3n) is 2.51. The molecule has 1 aromatic rings. The molecular formula is C13H13ClN2O3. The SMILES string of the molecule is C#Cc1ccc(C(=O)N(C)CC(N)C(=O)O)cc1Cl. The van der Waals surface area contributed by atoms with Gasteiger partial charge < -0.3 is 15.7 Å². The van der Waals surface area contributed by atoms with Crippen LogP contribution in [-0.4, -0.2) is 41.5 Å². The first kappa shape index (κ1) is 15.0. The van der Waals surface area contributed by atoms with E-state index in [0.29, 0.717) is 16.1 Å². The monoisotopic (exact) mass is 280 g/mol. The van der Waals surface area contributed by atoms with Gasteiger partial charge in [-0.05, 0) is 18.2 Å². The summed E-state index contributed by atoms with van der Waals surface area (Å²) in [7, 11) is 1.47. The number of nitrogens with zero attached hydrogens (tertiary/aromatic N) is 1. The average molecular weight is 281 g/mol. The Bertz CT molecular complexity index is 551. The van der Waals surface area contributed by atoms with E-state index in [-0.39, 0.29) is 12.5 Å². The van der Waals surface area contributed by atoms with E-state index in [4.69, 9.17) is 28.9 Å². The van der Waals surface area contributed by atoms with Gasteiger partial charge in [-0.1, -0.05) is 17.5 Å². The molecule has 1 aromatic carbocycles. The van der Waals surface area contributed by atoms with Gasteiger partial charge in [0.25, 0.3) is 5.91 Å². The summed E-state index contributed by atoms with van der Waals surface area (Å²) in [6.45, 7) is -0.0946. The summed E-state index contributed by atoms with van der Waals surface area (Å²) in [4.78, 5) is 23.9. The van der Waals surface area contributed by atoms with Crippen LogP contribution in [0.3, 0.4) is 0 Å². The number of benzene rings is 1. The molecule has 0 aliphatic heterocycles. The van der Waals surface area contributed by atoms with Crippen molar-refractivity contribution in [3.8, 4) is 12.3 Å². The van der Waals surface area contributed by atoms with Crippen LogP contribution in [0.2, 0.25) is 5.02 Å². The van der Waals surface area contributed by atoms with E-state index in [9.17, 15) is 9.59 Å². The van der Waals surface area contributed by atoms with Crippen LogP contribution < -0.4 is 5.73 Å². The number of carboxylic acid groups (broad SMARTS) is 1. The molecule has 0 saturated carbocycles. The molecule has 1 amide bonds. The molecule has 3 N–H and O–H groups in total. The van der Waals surface area contributed by atoms with Crippen molar-refractivity contribution in [3.63, 3.8) is 0 Å². The number of carboxylic acids is 1. The van der Waals surface area contributed by atoms with Gasteiger partial charge in [0.05, 0.1) is 5.02 Å². The Morgan fingerprint density at radius 3 is 2.68 bits per heavy atom. The smallest absolute Gasteiger partial charge is 0.322 e. The van der Waals surface area contributed by atoms with Gasteiger partial charge in [-0.15, -0.1) is 6.42 Å². The van der Waals surface area contributed by atoms with Crippen molar-refractivity contribution >= 4 is 23.5 Å². The van der Waals surface area contributed by atoms with Gasteiger partial charge in [0, 0.05) is 24.7 Å². The molecule has 5 nitrogen and oxygen atoms in total. The molecular weight excluding hydrogens is 268 g/mol. The average Bonchev–Trinajstić information content (AvgIpc) is 2.37. The number of amides is 1. The van der Waals surface area contributed by atoms with E-state index in [2.05, 4.69) is 5.92 Å². The zero-order valence-electron chi connectivity index (χ0n) is 10.3. The second-order valence-corrected chi connectivity index (χ2v) is 4.38. The first-order valence-corrected chi connectivity index (χ1v) is 5.74. The number of likely N-dealkylation sites (N-methyl/N-ethyl adjacent to an activating group) is 1. The Balaban J connectivity index is 2.86.